The van der Waals surface area contributed by atoms with Gasteiger partial charge in [0.15, 0.2) is 0 Å². The summed E-state index contributed by atoms with van der Waals surface area (Å²) < 4.78 is 15.8. The molecule has 1 saturated heterocycles. The Balaban J connectivity index is 2.01. The van der Waals surface area contributed by atoms with Gasteiger partial charge < -0.3 is 15.2 Å². The Morgan fingerprint density at radius 2 is 1.76 bits per heavy atom. The summed E-state index contributed by atoms with van der Waals surface area (Å²) in [6, 6.07) is 6.43. The third-order valence-electron chi connectivity index (χ3n) is 6.12. The smallest absolute Gasteiger partial charge is 0.251 e. The van der Waals surface area contributed by atoms with E-state index in [1.807, 2.05) is 6.92 Å². The van der Waals surface area contributed by atoms with Crippen molar-refractivity contribution in [1.29, 1.82) is 0 Å². The normalized spacial score (nSPS) is 15.0. The highest BCUT2D eigenvalue weighted by Gasteiger charge is 2.25. The van der Waals surface area contributed by atoms with Gasteiger partial charge in [0.25, 0.3) is 5.91 Å². The van der Waals surface area contributed by atoms with Gasteiger partial charge in [-0.2, -0.15) is 0 Å². The quantitative estimate of drug-likeness (QED) is 0.609. The minimum Gasteiger partial charge on any atom is -0.366 e. The predicted molar refractivity (Wildman–Crippen MR) is 117 cm³/mol. The van der Waals surface area contributed by atoms with E-state index >= 15 is 0 Å². The summed E-state index contributed by atoms with van der Waals surface area (Å²) in [5, 5.41) is 0. The van der Waals surface area contributed by atoms with Crippen molar-refractivity contribution >= 4 is 5.91 Å². The minimum absolute atomic E-state index is 0.275. The average Bonchev–Trinajstić information content (AvgIpc) is 3.00. The van der Waals surface area contributed by atoms with Gasteiger partial charge in [0.2, 0.25) is 0 Å². The minimum atomic E-state index is -0.407. The van der Waals surface area contributed by atoms with Crippen LogP contribution in [0.5, 0.6) is 0 Å². The summed E-state index contributed by atoms with van der Waals surface area (Å²) >= 11 is 0. The van der Waals surface area contributed by atoms with Crippen molar-refractivity contribution in [2.45, 2.75) is 65.3 Å². The highest BCUT2D eigenvalue weighted by Crippen LogP contribution is 2.34. The Morgan fingerprint density at radius 3 is 2.38 bits per heavy atom. The fourth-order valence-corrected chi connectivity index (χ4v) is 4.56. The lowest BCUT2D eigenvalue weighted by molar-refractivity contribution is 0.1000. The molecule has 0 atom stereocenters. The molecule has 4 nitrogen and oxygen atoms in total. The van der Waals surface area contributed by atoms with Gasteiger partial charge in [-0.25, -0.2) is 4.39 Å². The zero-order chi connectivity index (χ0) is 20.8. The number of rotatable bonds is 9. The van der Waals surface area contributed by atoms with Crippen LogP contribution in [0.2, 0.25) is 0 Å². The van der Waals surface area contributed by atoms with Crippen LogP contribution >= 0.6 is 0 Å². The highest BCUT2D eigenvalue weighted by molar-refractivity contribution is 6.02. The maximum Gasteiger partial charge on any atom is 0.251 e. The van der Waals surface area contributed by atoms with Crippen LogP contribution in [0.25, 0.3) is 11.1 Å². The van der Waals surface area contributed by atoms with Crippen LogP contribution in [0.4, 0.5) is 4.39 Å². The first-order valence-electron chi connectivity index (χ1n) is 11.0. The van der Waals surface area contributed by atoms with Crippen LogP contribution in [-0.4, -0.2) is 35.0 Å². The van der Waals surface area contributed by atoms with Crippen LogP contribution in [0.15, 0.2) is 24.3 Å². The van der Waals surface area contributed by atoms with Gasteiger partial charge in [-0.05, 0) is 63.4 Å². The van der Waals surface area contributed by atoms with Crippen LogP contribution in [-0.2, 0) is 13.0 Å². The van der Waals surface area contributed by atoms with Crippen molar-refractivity contribution in [2.75, 3.05) is 19.6 Å². The maximum absolute atomic E-state index is 13.5. The molecule has 1 aliphatic heterocycles. The van der Waals surface area contributed by atoms with Gasteiger partial charge in [0, 0.05) is 30.0 Å². The first kappa shape index (κ1) is 21.6. The second-order valence-corrected chi connectivity index (χ2v) is 8.16. The zero-order valence-electron chi connectivity index (χ0n) is 17.8. The first-order valence-corrected chi connectivity index (χ1v) is 11.0. The molecule has 2 N–H and O–H groups in total. The molecule has 5 heteroatoms. The number of carbonyl (C=O) groups is 1. The zero-order valence-corrected chi connectivity index (χ0v) is 17.8. The standard InChI is InChI=1S/C24H34FN3O/c1-3-4-6-9-21-23(19-10-12-20(25)13-11-19)22(24(26)29)18(2)28(21)17-16-27-14-7-5-8-15-27/h10-13H,3-9,14-17H2,1-2H3,(H2,26,29). The van der Waals surface area contributed by atoms with E-state index in [9.17, 15) is 9.18 Å². The molecule has 0 aliphatic carbocycles. The monoisotopic (exact) mass is 399 g/mol. The molecule has 1 aromatic carbocycles. The summed E-state index contributed by atoms with van der Waals surface area (Å²) in [5.74, 6) is -0.682. The molecule has 2 heterocycles. The summed E-state index contributed by atoms with van der Waals surface area (Å²) in [7, 11) is 0. The SMILES string of the molecule is CCCCCc1c(-c2ccc(F)cc2)c(C(N)=O)c(C)n1CCN1CCCCC1. The van der Waals surface area contributed by atoms with Gasteiger partial charge in [-0.1, -0.05) is 38.3 Å². The van der Waals surface area contributed by atoms with Crippen molar-refractivity contribution in [2.24, 2.45) is 5.73 Å². The molecular formula is C24H34FN3O. The van der Waals surface area contributed by atoms with Crippen molar-refractivity contribution < 1.29 is 9.18 Å². The molecule has 158 valence electrons. The Hall–Kier alpha value is -2.14. The van der Waals surface area contributed by atoms with E-state index in [0.717, 1.165) is 74.4 Å². The van der Waals surface area contributed by atoms with Crippen LogP contribution < -0.4 is 5.73 Å². The summed E-state index contributed by atoms with van der Waals surface area (Å²) in [6.07, 6.45) is 8.10. The molecule has 1 amide bonds. The van der Waals surface area contributed by atoms with Gasteiger partial charge in [0.1, 0.15) is 5.82 Å². The molecule has 0 saturated carbocycles. The second kappa shape index (κ2) is 10.1. The fraction of sp³-hybridized carbons (Fsp3) is 0.542. The van der Waals surface area contributed by atoms with E-state index in [0.29, 0.717) is 5.56 Å². The molecule has 0 unspecified atom stereocenters. The number of piperidine rings is 1. The van der Waals surface area contributed by atoms with E-state index in [4.69, 9.17) is 5.73 Å². The first-order chi connectivity index (χ1) is 14.0. The molecule has 3 rings (SSSR count). The number of halogens is 1. The Bertz CT molecular complexity index is 820. The largest absolute Gasteiger partial charge is 0.366 e. The van der Waals surface area contributed by atoms with Crippen molar-refractivity contribution in [3.63, 3.8) is 0 Å². The lowest BCUT2D eigenvalue weighted by Crippen LogP contribution is -2.33. The Morgan fingerprint density at radius 1 is 1.07 bits per heavy atom. The van der Waals surface area contributed by atoms with Gasteiger partial charge >= 0.3 is 0 Å². The van der Waals surface area contributed by atoms with E-state index < -0.39 is 5.91 Å². The predicted octanol–water partition coefficient (Wildman–Crippen LogP) is 4.92. The van der Waals surface area contributed by atoms with Gasteiger partial charge in [0.05, 0.1) is 5.56 Å². The Labute approximate surface area is 173 Å². The molecule has 1 fully saturated rings. The van der Waals surface area contributed by atoms with Crippen LogP contribution in [0.3, 0.4) is 0 Å². The molecule has 0 radical (unpaired) electrons. The Kier molecular flexibility index (Phi) is 7.48. The van der Waals surface area contributed by atoms with E-state index in [2.05, 4.69) is 16.4 Å². The van der Waals surface area contributed by atoms with Crippen molar-refractivity contribution in [3.8, 4) is 11.1 Å². The number of likely N-dealkylation sites (tertiary alicyclic amines) is 1. The highest BCUT2D eigenvalue weighted by atomic mass is 19.1. The molecule has 1 aliphatic rings. The van der Waals surface area contributed by atoms with E-state index in [1.165, 1.54) is 31.4 Å². The number of benzene rings is 1. The summed E-state index contributed by atoms with van der Waals surface area (Å²) in [5.41, 5.74) is 10.3. The van der Waals surface area contributed by atoms with Gasteiger partial charge in [-0.15, -0.1) is 0 Å². The molecule has 1 aromatic heterocycles. The molecule has 2 aromatic rings. The van der Waals surface area contributed by atoms with Crippen LogP contribution in [0.1, 0.15) is 67.2 Å². The number of nitrogens with two attached hydrogens (primary N) is 1. The molecule has 0 bridgehead atoms. The van der Waals surface area contributed by atoms with E-state index in [-0.39, 0.29) is 5.82 Å². The molecule has 0 spiro atoms. The third-order valence-corrected chi connectivity index (χ3v) is 6.12. The number of aromatic nitrogens is 1. The fourth-order valence-electron chi connectivity index (χ4n) is 4.56. The second-order valence-electron chi connectivity index (χ2n) is 8.16. The lowest BCUT2D eigenvalue weighted by atomic mass is 9.97. The number of unbranched alkanes of at least 4 members (excludes halogenated alkanes) is 2. The lowest BCUT2D eigenvalue weighted by Gasteiger charge is -2.27. The summed E-state index contributed by atoms with van der Waals surface area (Å²) in [6.45, 7) is 8.33. The number of hydrogen-bond acceptors (Lipinski definition) is 2. The number of nitrogens with zero attached hydrogens (tertiary/aromatic N) is 2. The topological polar surface area (TPSA) is 51.3 Å². The molecule has 29 heavy (non-hydrogen) atoms. The number of carbonyl (C=O) groups excluding carboxylic acids is 1. The van der Waals surface area contributed by atoms with E-state index in [1.54, 1.807) is 12.1 Å². The number of hydrogen-bond donors (Lipinski definition) is 1. The van der Waals surface area contributed by atoms with Gasteiger partial charge in [-0.3, -0.25) is 4.79 Å². The van der Waals surface area contributed by atoms with Crippen molar-refractivity contribution in [3.05, 3.63) is 47.0 Å². The maximum atomic E-state index is 13.5. The number of primary amides is 1. The summed E-state index contributed by atoms with van der Waals surface area (Å²) in [4.78, 5) is 14.9. The third kappa shape index (κ3) is 5.08. The molecular weight excluding hydrogens is 365 g/mol. The van der Waals surface area contributed by atoms with Crippen LogP contribution in [0, 0.1) is 12.7 Å². The average molecular weight is 400 g/mol. The number of amides is 1. The van der Waals surface area contributed by atoms with Crippen molar-refractivity contribution in [1.82, 2.24) is 9.47 Å².